The maximum Gasteiger partial charge on any atom is 0.341 e. The summed E-state index contributed by atoms with van der Waals surface area (Å²) in [4.78, 5) is 14.3. The monoisotopic (exact) mass is 1150 g/mol. The summed E-state index contributed by atoms with van der Waals surface area (Å²) in [5, 5.41) is 4.34. The molecule has 0 N–H and O–H groups in total. The molecule has 0 saturated carbocycles. The Hall–Kier alpha value is -10.8. The highest BCUT2D eigenvalue weighted by Gasteiger charge is 2.39. The predicted molar refractivity (Wildman–Crippen MR) is 335 cm³/mol. The average Bonchev–Trinajstić information content (AvgIpc) is 1.55. The first-order valence-corrected chi connectivity index (χ1v) is 28.9. The van der Waals surface area contributed by atoms with Gasteiger partial charge < -0.3 is 4.42 Å². The van der Waals surface area contributed by atoms with Crippen molar-refractivity contribution in [3.8, 4) is 51.2 Å². The highest BCUT2D eigenvalue weighted by molar-refractivity contribution is 7.25. The number of pyridine rings is 3. The summed E-state index contributed by atoms with van der Waals surface area (Å²) in [6, 6.07) is 59.0. The van der Waals surface area contributed by atoms with Gasteiger partial charge in [-0.15, -0.1) is 9.61 Å². The first-order chi connectivity index (χ1) is 47.2. The van der Waals surface area contributed by atoms with E-state index >= 15 is 0 Å². The van der Waals surface area contributed by atoms with Gasteiger partial charge in [0.05, 0.1) is 90.6 Å². The van der Waals surface area contributed by atoms with Crippen LogP contribution in [0.25, 0.3) is 133 Å². The molecule has 16 heteroatoms. The van der Waals surface area contributed by atoms with Crippen LogP contribution in [0.4, 0.5) is 0 Å². The summed E-state index contributed by atoms with van der Waals surface area (Å²) in [5.74, 6) is 2.85. The van der Waals surface area contributed by atoms with Crippen LogP contribution >= 0.6 is 11.3 Å². The molecule has 17 aromatic rings. The van der Waals surface area contributed by atoms with Gasteiger partial charge in [0.1, 0.15) is 40.8 Å². The molecule has 4 aliphatic heterocycles. The van der Waals surface area contributed by atoms with Crippen molar-refractivity contribution in [1.29, 1.82) is 0 Å². The number of imidazole rings is 4. The van der Waals surface area contributed by atoms with Crippen LogP contribution in [-0.2, 0) is 54.1 Å². The number of nitrogens with zero attached hydrogens (tertiary/aromatic N) is 14. The fourth-order valence-electron chi connectivity index (χ4n) is 13.5. The van der Waals surface area contributed by atoms with Gasteiger partial charge in [0.25, 0.3) is 22.9 Å². The second-order valence-corrected chi connectivity index (χ2v) is 22.8. The quantitative estimate of drug-likeness (QED) is 0.152. The number of benzene rings is 5. The Morgan fingerprint density at radius 1 is 0.488 bits per heavy atom. The molecule has 0 spiro atoms. The molecule has 0 bridgehead atoms. The normalized spacial score (nSPS) is 15.6. The topological polar surface area (TPSA) is 109 Å². The van der Waals surface area contributed by atoms with Crippen LogP contribution in [0, 0.1) is 0 Å². The minimum absolute atomic E-state index is 0.533. The van der Waals surface area contributed by atoms with E-state index in [1.54, 1.807) is 52.8 Å². The molecule has 15 nitrogen and oxygen atoms in total. The van der Waals surface area contributed by atoms with E-state index in [-0.39, 0.29) is 0 Å². The molecule has 86 heavy (non-hydrogen) atoms. The Morgan fingerprint density at radius 2 is 1.07 bits per heavy atom. The van der Waals surface area contributed by atoms with Crippen LogP contribution < -0.4 is 18.3 Å². The number of para-hydroxylation sites is 1. The zero-order valence-corrected chi connectivity index (χ0v) is 46.4. The summed E-state index contributed by atoms with van der Waals surface area (Å²) in [6.45, 7) is -6.54. The maximum atomic E-state index is 8.32. The number of hydrogen-bond donors (Lipinski definition) is 0. The zero-order chi connectivity index (χ0) is 67.1. The fraction of sp³-hybridized carbons (Fsp3) is 0.114. The molecule has 0 saturated heterocycles. The molecule has 12 aromatic heterocycles. The van der Waals surface area contributed by atoms with Crippen molar-refractivity contribution in [3.63, 3.8) is 0 Å². The molecule has 0 fully saturated rings. The van der Waals surface area contributed by atoms with E-state index in [9.17, 15) is 0 Å². The number of rotatable bonds is 1. The minimum atomic E-state index is -2.33. The Bertz CT molecular complexity index is 5760. The zero-order valence-electron chi connectivity index (χ0n) is 57.5. The number of furan rings is 1. The lowest BCUT2D eigenvalue weighted by molar-refractivity contribution is -0.652. The maximum absolute atomic E-state index is 8.32. The van der Waals surface area contributed by atoms with Crippen molar-refractivity contribution in [3.05, 3.63) is 229 Å². The van der Waals surface area contributed by atoms with Gasteiger partial charge in [0.15, 0.2) is 16.6 Å². The molecular weight excluding hydrogens is 1080 g/mol. The van der Waals surface area contributed by atoms with Crippen molar-refractivity contribution >= 4 is 93.1 Å². The smallest absolute Gasteiger partial charge is 0.341 e. The highest BCUT2D eigenvalue weighted by Crippen LogP contribution is 2.40. The molecule has 16 heterocycles. The fourth-order valence-corrected chi connectivity index (χ4v) is 14.7. The van der Waals surface area contributed by atoms with E-state index in [1.807, 2.05) is 162 Å². The molecule has 0 aliphatic carbocycles. The predicted octanol–water partition coefficient (Wildman–Crippen LogP) is 11.7. The van der Waals surface area contributed by atoms with Crippen molar-refractivity contribution < 1.29 is 39.1 Å². The Kier molecular flexibility index (Phi) is 8.12. The molecule has 5 aromatic carbocycles. The largest absolute Gasteiger partial charge is 0.417 e. The Labute approximate surface area is 512 Å². The lowest BCUT2D eigenvalue weighted by atomic mass is 10.1. The van der Waals surface area contributed by atoms with Gasteiger partial charge in [-0.2, -0.15) is 4.57 Å². The molecule has 412 valence electrons. The molecular formula is C70H54N14OS+4. The lowest BCUT2D eigenvalue weighted by Crippen LogP contribution is -2.33. The third-order valence-electron chi connectivity index (χ3n) is 17.1. The van der Waals surface area contributed by atoms with Crippen LogP contribution in [0.1, 0.15) is 38.7 Å². The third-order valence-corrected chi connectivity index (χ3v) is 18.3. The SMILES string of the molecule is [2H]C([2H])([2H])[n+]1c2n(c3cc4cccnn4c31)Cc1ccccc1-2.[2H]C([2H])([2H])n1c2[n+](c3c1c1ncccc1n3-c1ccccc1)Cc1ccccc1-2.[2H]C([2H])([2H])n1c2[n+](c3oc4cccnc4c31)Cc1ccccc1-2.[2H]C([2H])([2H])n1c2[n+](c3sc4cccnc4c31)Cc1ccccc1-2. The molecule has 0 radical (unpaired) electrons. The average molecular weight is 1150 g/mol. The van der Waals surface area contributed by atoms with E-state index in [2.05, 4.69) is 50.5 Å². The molecule has 0 unspecified atom stereocenters. The summed E-state index contributed by atoms with van der Waals surface area (Å²) in [5.41, 5.74) is 18.6. The van der Waals surface area contributed by atoms with Crippen molar-refractivity contribution in [2.45, 2.75) is 26.2 Å². The Morgan fingerprint density at radius 3 is 1.80 bits per heavy atom. The third kappa shape index (κ3) is 6.77. The lowest BCUT2D eigenvalue weighted by Gasteiger charge is -2.03. The standard InChI is InChI=1S/C22H17N4.C16H13N4.C16H12N3O.C16H12N3S/c1-24-20-19-18(12-7-13-23-19)26(16-9-3-2-4-10-16)22(20)25-14-15-8-5-6-11-17(15)21(24)25;1-18-15-13-7-3-2-5-11(13)10-19(15)14-9-12-6-4-8-17-20(12)16(14)18;2*1-18-14-13-12(7-4-8-17-13)20-16(14)19-9-10-5-2-3-6-11(10)15(18)19/h2-13H,14H2,1H3;2-9H,10H2,1H3;2*2-8H,9H2,1H3/q4*+1/i4*1D3. The summed E-state index contributed by atoms with van der Waals surface area (Å²) in [7, 11) is 0. The van der Waals surface area contributed by atoms with Gasteiger partial charge in [-0.1, -0.05) is 102 Å². The van der Waals surface area contributed by atoms with Crippen LogP contribution in [0.15, 0.2) is 211 Å². The van der Waals surface area contributed by atoms with Gasteiger partial charge in [0.2, 0.25) is 33.0 Å². The number of hydrogen-bond acceptors (Lipinski definition) is 6. The van der Waals surface area contributed by atoms with Crippen molar-refractivity contribution in [2.75, 3.05) is 0 Å². The minimum Gasteiger partial charge on any atom is -0.417 e. The van der Waals surface area contributed by atoms with E-state index in [0.717, 1.165) is 105 Å². The van der Waals surface area contributed by atoms with Gasteiger partial charge >= 0.3 is 5.71 Å². The van der Waals surface area contributed by atoms with Crippen LogP contribution in [0.3, 0.4) is 0 Å². The Balaban J connectivity index is 0.0000000952. The molecule has 0 amide bonds. The number of aromatic nitrogens is 14. The van der Waals surface area contributed by atoms with E-state index in [1.165, 1.54) is 18.3 Å². The molecule has 4 aliphatic rings. The molecule has 21 rings (SSSR count). The van der Waals surface area contributed by atoms with Gasteiger partial charge in [-0.3, -0.25) is 9.55 Å². The van der Waals surface area contributed by atoms with Gasteiger partial charge in [0, 0.05) is 41.3 Å². The first kappa shape index (κ1) is 38.1. The van der Waals surface area contributed by atoms with Crippen molar-refractivity contribution in [2.24, 2.45) is 27.9 Å². The first-order valence-electron chi connectivity index (χ1n) is 34.1. The van der Waals surface area contributed by atoms with Crippen molar-refractivity contribution in [1.82, 2.24) is 47.4 Å². The van der Waals surface area contributed by atoms with E-state index < -0.39 is 27.9 Å². The molecule has 0 atom stereocenters. The number of fused-ring (bicyclic) bond motifs is 28. The number of aryl methyl sites for hydroxylation is 4. The summed E-state index contributed by atoms with van der Waals surface area (Å²) in [6.07, 6.45) is 6.76. The van der Waals surface area contributed by atoms with Crippen LogP contribution in [0.5, 0.6) is 0 Å². The summed E-state index contributed by atoms with van der Waals surface area (Å²) < 4.78 is 122. The van der Waals surface area contributed by atoms with Gasteiger partial charge in [-0.05, 0) is 90.5 Å². The summed E-state index contributed by atoms with van der Waals surface area (Å²) >= 11 is 1.60. The second-order valence-electron chi connectivity index (χ2n) is 21.7. The highest BCUT2D eigenvalue weighted by atomic mass is 32.1. The number of thiophene rings is 1. The van der Waals surface area contributed by atoms with E-state index in [0.29, 0.717) is 76.8 Å². The van der Waals surface area contributed by atoms with E-state index in [4.69, 9.17) is 20.9 Å². The van der Waals surface area contributed by atoms with Crippen LogP contribution in [0.2, 0.25) is 0 Å². The van der Waals surface area contributed by atoms with Crippen LogP contribution in [-0.4, -0.2) is 47.4 Å². The van der Waals surface area contributed by atoms with Gasteiger partial charge in [-0.25, -0.2) is 41.9 Å². The second kappa shape index (κ2) is 18.3.